The zero-order chi connectivity index (χ0) is 26.2. The van der Waals surface area contributed by atoms with Gasteiger partial charge in [0.15, 0.2) is 0 Å². The van der Waals surface area contributed by atoms with Crippen molar-refractivity contribution in [3.8, 4) is 11.5 Å². The van der Waals surface area contributed by atoms with E-state index in [1.165, 1.54) is 63.4 Å². The van der Waals surface area contributed by atoms with Crippen LogP contribution in [-0.2, 0) is 14.3 Å². The van der Waals surface area contributed by atoms with Gasteiger partial charge in [0.05, 0.1) is 29.5 Å². The third kappa shape index (κ3) is 6.32. The number of hydrogen-bond acceptors (Lipinski definition) is 8. The maximum atomic E-state index is 12.9. The number of methoxy groups -OCH3 is 1. The second-order valence-electron chi connectivity index (χ2n) is 7.34. The van der Waals surface area contributed by atoms with Gasteiger partial charge in [-0.05, 0) is 42.5 Å². The Morgan fingerprint density at radius 1 is 0.639 bits per heavy atom. The lowest BCUT2D eigenvalue weighted by molar-refractivity contribution is -0.132. The Balaban J connectivity index is 1.88. The van der Waals surface area contributed by atoms with Gasteiger partial charge in [0.25, 0.3) is 11.8 Å². The molecule has 0 fully saturated rings. The molecule has 36 heavy (non-hydrogen) atoms. The molecule has 3 aromatic carbocycles. The Bertz CT molecular complexity index is 1350. The van der Waals surface area contributed by atoms with Gasteiger partial charge in [0.2, 0.25) is 0 Å². The van der Waals surface area contributed by atoms with Crippen molar-refractivity contribution in [2.24, 2.45) is 0 Å². The number of rotatable bonds is 7. The lowest BCUT2D eigenvalue weighted by Gasteiger charge is -2.14. The fourth-order valence-corrected chi connectivity index (χ4v) is 3.19. The average molecular weight is 490 g/mol. The van der Waals surface area contributed by atoms with Crippen LogP contribution in [0.4, 0.5) is 11.4 Å². The van der Waals surface area contributed by atoms with Gasteiger partial charge < -0.3 is 24.8 Å². The van der Waals surface area contributed by atoms with Crippen LogP contribution in [0.25, 0.3) is 0 Å². The maximum Gasteiger partial charge on any atom is 0.340 e. The van der Waals surface area contributed by atoms with Crippen LogP contribution in [0.1, 0.15) is 44.9 Å². The smallest absolute Gasteiger partial charge is 0.340 e. The zero-order valence-electron chi connectivity index (χ0n) is 19.6. The number of nitrogens with one attached hydrogen (secondary N) is 2. The van der Waals surface area contributed by atoms with E-state index in [4.69, 9.17) is 14.2 Å². The quantitative estimate of drug-likeness (QED) is 0.377. The summed E-state index contributed by atoms with van der Waals surface area (Å²) in [7, 11) is 1.17. The van der Waals surface area contributed by atoms with Gasteiger partial charge in [0.1, 0.15) is 11.5 Å². The second kappa shape index (κ2) is 11.4. The Kier molecular flexibility index (Phi) is 8.14. The molecule has 0 radical (unpaired) electrons. The monoisotopic (exact) mass is 490 g/mol. The predicted molar refractivity (Wildman–Crippen MR) is 129 cm³/mol. The highest BCUT2D eigenvalue weighted by molar-refractivity contribution is 6.11. The van der Waals surface area contributed by atoms with Crippen LogP contribution in [0.3, 0.4) is 0 Å². The Morgan fingerprint density at radius 2 is 1.14 bits per heavy atom. The number of carbonyl (C=O) groups is 5. The summed E-state index contributed by atoms with van der Waals surface area (Å²) in [4.78, 5) is 60.8. The highest BCUT2D eigenvalue weighted by atomic mass is 16.5. The van der Waals surface area contributed by atoms with E-state index in [0.717, 1.165) is 0 Å². The third-order valence-electron chi connectivity index (χ3n) is 4.70. The molecule has 0 aliphatic heterocycles. The highest BCUT2D eigenvalue weighted by Gasteiger charge is 2.20. The summed E-state index contributed by atoms with van der Waals surface area (Å²) in [5.41, 5.74) is 0.454. The minimum absolute atomic E-state index is 0.0399. The summed E-state index contributed by atoms with van der Waals surface area (Å²) in [6.45, 7) is 2.43. The van der Waals surface area contributed by atoms with Gasteiger partial charge in [0, 0.05) is 19.5 Å². The fraction of sp³-hybridized carbons (Fsp3) is 0.115. The minimum Gasteiger partial charge on any atom is -0.465 e. The van der Waals surface area contributed by atoms with Crippen LogP contribution in [-0.4, -0.2) is 36.8 Å². The number of para-hydroxylation sites is 2. The molecule has 184 valence electrons. The Hall–Kier alpha value is -4.99. The summed E-state index contributed by atoms with van der Waals surface area (Å²) in [5.74, 6) is -3.04. The van der Waals surface area contributed by atoms with Crippen LogP contribution in [0.5, 0.6) is 11.5 Å². The number of amides is 2. The first kappa shape index (κ1) is 25.6. The molecule has 0 unspecified atom stereocenters. The number of anilines is 2. The predicted octanol–water partition coefficient (Wildman–Crippen LogP) is 3.83. The molecule has 0 saturated carbocycles. The normalized spacial score (nSPS) is 10.1. The summed E-state index contributed by atoms with van der Waals surface area (Å²) >= 11 is 0. The van der Waals surface area contributed by atoms with E-state index in [0.29, 0.717) is 0 Å². The molecule has 2 amide bonds. The number of benzene rings is 3. The first-order valence-corrected chi connectivity index (χ1v) is 10.6. The third-order valence-corrected chi connectivity index (χ3v) is 4.70. The molecule has 3 rings (SSSR count). The van der Waals surface area contributed by atoms with Crippen molar-refractivity contribution in [1.82, 2.24) is 0 Å². The molecule has 0 aromatic heterocycles. The number of esters is 3. The van der Waals surface area contributed by atoms with Crippen molar-refractivity contribution in [1.29, 1.82) is 0 Å². The van der Waals surface area contributed by atoms with Crippen LogP contribution in [0.2, 0.25) is 0 Å². The van der Waals surface area contributed by atoms with Crippen LogP contribution in [0, 0.1) is 0 Å². The molecule has 0 aliphatic carbocycles. The van der Waals surface area contributed by atoms with E-state index >= 15 is 0 Å². The van der Waals surface area contributed by atoms with Crippen molar-refractivity contribution in [2.75, 3.05) is 17.7 Å². The lowest BCUT2D eigenvalue weighted by Crippen LogP contribution is -2.18. The van der Waals surface area contributed by atoms with Crippen LogP contribution >= 0.6 is 0 Å². The molecule has 0 aliphatic rings. The number of ether oxygens (including phenoxy) is 3. The molecule has 0 heterocycles. The van der Waals surface area contributed by atoms with E-state index in [1.54, 1.807) is 24.3 Å². The van der Waals surface area contributed by atoms with Gasteiger partial charge >= 0.3 is 17.9 Å². The van der Waals surface area contributed by atoms with Crippen molar-refractivity contribution in [3.63, 3.8) is 0 Å². The largest absolute Gasteiger partial charge is 0.465 e. The SMILES string of the molecule is COC(=O)c1cc(NC(=O)c2ccccc2OC(C)=O)ccc1NC(=O)c1ccccc1OC(C)=O. The van der Waals surface area contributed by atoms with Gasteiger partial charge in [-0.3, -0.25) is 19.2 Å². The molecule has 0 saturated heterocycles. The van der Waals surface area contributed by atoms with Gasteiger partial charge in [-0.25, -0.2) is 4.79 Å². The van der Waals surface area contributed by atoms with Crippen LogP contribution < -0.4 is 20.1 Å². The van der Waals surface area contributed by atoms with Gasteiger partial charge in [-0.1, -0.05) is 24.3 Å². The molecule has 0 spiro atoms. The number of carbonyl (C=O) groups excluding carboxylic acids is 5. The van der Waals surface area contributed by atoms with E-state index < -0.39 is 29.7 Å². The van der Waals surface area contributed by atoms with E-state index in [1.807, 2.05) is 0 Å². The van der Waals surface area contributed by atoms with E-state index in [-0.39, 0.29) is 39.6 Å². The van der Waals surface area contributed by atoms with Crippen molar-refractivity contribution < 1.29 is 38.2 Å². The van der Waals surface area contributed by atoms with Crippen molar-refractivity contribution >= 4 is 41.1 Å². The summed E-state index contributed by atoms with van der Waals surface area (Å²) < 4.78 is 15.0. The van der Waals surface area contributed by atoms with Gasteiger partial charge in [-0.2, -0.15) is 0 Å². The Morgan fingerprint density at radius 3 is 1.64 bits per heavy atom. The van der Waals surface area contributed by atoms with E-state index in [9.17, 15) is 24.0 Å². The number of hydrogen-bond donors (Lipinski definition) is 2. The lowest BCUT2D eigenvalue weighted by atomic mass is 10.1. The van der Waals surface area contributed by atoms with Crippen LogP contribution in [0.15, 0.2) is 66.7 Å². The minimum atomic E-state index is -0.769. The summed E-state index contributed by atoms with van der Waals surface area (Å²) in [6.07, 6.45) is 0. The average Bonchev–Trinajstić information content (AvgIpc) is 2.84. The molecule has 3 aromatic rings. The molecule has 0 bridgehead atoms. The molecule has 2 N–H and O–H groups in total. The molecular weight excluding hydrogens is 468 g/mol. The molecular formula is C26H22N2O8. The first-order chi connectivity index (χ1) is 17.2. The van der Waals surface area contributed by atoms with Crippen molar-refractivity contribution in [3.05, 3.63) is 83.4 Å². The molecule has 10 nitrogen and oxygen atoms in total. The molecule has 0 atom stereocenters. The van der Waals surface area contributed by atoms with Gasteiger partial charge in [-0.15, -0.1) is 0 Å². The second-order valence-corrected chi connectivity index (χ2v) is 7.34. The fourth-order valence-electron chi connectivity index (χ4n) is 3.19. The van der Waals surface area contributed by atoms with E-state index in [2.05, 4.69) is 10.6 Å². The summed E-state index contributed by atoms with van der Waals surface area (Å²) in [5, 5.41) is 5.22. The highest BCUT2D eigenvalue weighted by Crippen LogP contribution is 2.26. The molecule has 10 heteroatoms. The zero-order valence-corrected chi connectivity index (χ0v) is 19.6. The maximum absolute atomic E-state index is 12.9. The summed E-state index contributed by atoms with van der Waals surface area (Å²) in [6, 6.07) is 16.5. The Labute approximate surface area is 206 Å². The standard InChI is InChI=1S/C26H22N2O8/c1-15(29)35-22-10-6-4-8-18(22)24(31)27-17-12-13-21(20(14-17)26(33)34-3)28-25(32)19-9-5-7-11-23(19)36-16(2)30/h4-14H,1-3H3,(H,27,31)(H,28,32). The topological polar surface area (TPSA) is 137 Å². The van der Waals surface area contributed by atoms with Crippen molar-refractivity contribution in [2.45, 2.75) is 13.8 Å². The first-order valence-electron chi connectivity index (χ1n) is 10.6.